The first-order valence-corrected chi connectivity index (χ1v) is 9.63. The molecule has 146 valence electrons. The van der Waals surface area contributed by atoms with Crippen LogP contribution in [0.15, 0.2) is 30.5 Å². The average molecular weight is 371 g/mol. The maximum atomic E-state index is 12.6. The van der Waals surface area contributed by atoms with Crippen LogP contribution in [0.3, 0.4) is 0 Å². The minimum Gasteiger partial charge on any atom is -0.361 e. The predicted octanol–water partition coefficient (Wildman–Crippen LogP) is 1.74. The van der Waals surface area contributed by atoms with Crippen molar-refractivity contribution >= 4 is 22.8 Å². The highest BCUT2D eigenvalue weighted by molar-refractivity contribution is 5.88. The smallest absolute Gasteiger partial charge is 0.312 e. The van der Waals surface area contributed by atoms with E-state index >= 15 is 0 Å². The molecule has 1 atom stereocenters. The largest absolute Gasteiger partial charge is 0.361 e. The summed E-state index contributed by atoms with van der Waals surface area (Å²) in [6.07, 6.45) is 7.31. The number of fused-ring (bicyclic) bond motifs is 1. The normalized spacial score (nSPS) is 15.9. The van der Waals surface area contributed by atoms with Gasteiger partial charge in [-0.25, -0.2) is 4.79 Å². The Bertz CT molecular complexity index is 782. The number of carbonyl (C=O) groups excluding carboxylic acids is 2. The number of urea groups is 1. The van der Waals surface area contributed by atoms with E-state index < -0.39 is 12.1 Å². The minimum atomic E-state index is -0.696. The molecule has 1 heterocycles. The van der Waals surface area contributed by atoms with Crippen molar-refractivity contribution < 1.29 is 9.59 Å². The molecule has 5 N–H and O–H groups in total. The van der Waals surface area contributed by atoms with Crippen molar-refractivity contribution in [3.8, 4) is 0 Å². The molecule has 0 aliphatic heterocycles. The molecule has 0 spiro atoms. The van der Waals surface area contributed by atoms with Crippen LogP contribution in [0.1, 0.15) is 31.2 Å². The van der Waals surface area contributed by atoms with E-state index in [1.54, 1.807) is 0 Å². The fraction of sp³-hybridized carbons (Fsp3) is 0.500. The van der Waals surface area contributed by atoms with Gasteiger partial charge in [0, 0.05) is 42.7 Å². The zero-order chi connectivity index (χ0) is 19.2. The molecule has 1 unspecified atom stereocenters. The van der Waals surface area contributed by atoms with Crippen LogP contribution < -0.4 is 16.4 Å². The van der Waals surface area contributed by atoms with Crippen molar-refractivity contribution in [2.75, 3.05) is 20.1 Å². The fourth-order valence-electron chi connectivity index (χ4n) is 3.91. The first-order valence-electron chi connectivity index (χ1n) is 9.63. The quantitative estimate of drug-likeness (QED) is 0.568. The van der Waals surface area contributed by atoms with Crippen molar-refractivity contribution in [1.82, 2.24) is 20.5 Å². The van der Waals surface area contributed by atoms with E-state index in [4.69, 9.17) is 5.73 Å². The van der Waals surface area contributed by atoms with Crippen LogP contribution >= 0.6 is 0 Å². The standard InChI is InChI=1S/C20H29N5O2/c1-25(15-6-2-3-7-15)11-10-22-19(26)18(24-20(21)27)12-14-13-23-17-9-5-4-8-16(14)17/h4-5,8-9,13,15,18,23H,2-3,6-7,10-12H2,1H3,(H,22,26)(H3,21,24,27). The highest BCUT2D eigenvalue weighted by Crippen LogP contribution is 2.22. The second kappa shape index (κ2) is 8.90. The van der Waals surface area contributed by atoms with Gasteiger partial charge in [-0.2, -0.15) is 0 Å². The average Bonchev–Trinajstić information content (AvgIpc) is 3.31. The summed E-state index contributed by atoms with van der Waals surface area (Å²) >= 11 is 0. The van der Waals surface area contributed by atoms with E-state index in [1.807, 2.05) is 30.5 Å². The summed E-state index contributed by atoms with van der Waals surface area (Å²) in [5.41, 5.74) is 7.26. The number of likely N-dealkylation sites (N-methyl/N-ethyl adjacent to an activating group) is 1. The summed E-state index contributed by atoms with van der Waals surface area (Å²) in [6, 6.07) is 7.11. The molecule has 1 aliphatic carbocycles. The molecule has 1 aromatic carbocycles. The molecule has 1 saturated carbocycles. The monoisotopic (exact) mass is 371 g/mol. The van der Waals surface area contributed by atoms with Gasteiger partial charge in [-0.3, -0.25) is 4.79 Å². The first kappa shape index (κ1) is 19.2. The number of nitrogens with zero attached hydrogens (tertiary/aromatic N) is 1. The topological polar surface area (TPSA) is 103 Å². The number of benzene rings is 1. The van der Waals surface area contributed by atoms with E-state index in [0.29, 0.717) is 19.0 Å². The van der Waals surface area contributed by atoms with Gasteiger partial charge in [-0.1, -0.05) is 31.0 Å². The summed E-state index contributed by atoms with van der Waals surface area (Å²) < 4.78 is 0. The van der Waals surface area contributed by atoms with E-state index in [9.17, 15) is 9.59 Å². The van der Waals surface area contributed by atoms with E-state index in [2.05, 4.69) is 27.6 Å². The second-order valence-corrected chi connectivity index (χ2v) is 7.33. The Balaban J connectivity index is 1.58. The molecule has 1 fully saturated rings. The van der Waals surface area contributed by atoms with Gasteiger partial charge in [0.1, 0.15) is 6.04 Å². The van der Waals surface area contributed by atoms with Gasteiger partial charge in [-0.15, -0.1) is 0 Å². The number of para-hydroxylation sites is 1. The van der Waals surface area contributed by atoms with Crippen LogP contribution in [0.25, 0.3) is 10.9 Å². The second-order valence-electron chi connectivity index (χ2n) is 7.33. The minimum absolute atomic E-state index is 0.209. The van der Waals surface area contributed by atoms with E-state index in [0.717, 1.165) is 23.0 Å². The number of rotatable bonds is 8. The summed E-state index contributed by atoms with van der Waals surface area (Å²) in [4.78, 5) is 29.5. The maximum Gasteiger partial charge on any atom is 0.312 e. The van der Waals surface area contributed by atoms with Crippen LogP contribution in [0.5, 0.6) is 0 Å². The summed E-state index contributed by atoms with van der Waals surface area (Å²) in [5.74, 6) is -0.209. The van der Waals surface area contributed by atoms with Crippen LogP contribution in [-0.2, 0) is 11.2 Å². The Labute approximate surface area is 159 Å². The van der Waals surface area contributed by atoms with Gasteiger partial charge in [0.05, 0.1) is 0 Å². The Morgan fingerprint density at radius 2 is 2.04 bits per heavy atom. The molecule has 7 nitrogen and oxygen atoms in total. The summed E-state index contributed by atoms with van der Waals surface area (Å²) in [5, 5.41) is 6.56. The predicted molar refractivity (Wildman–Crippen MR) is 106 cm³/mol. The molecule has 0 radical (unpaired) electrons. The molecule has 3 rings (SSSR count). The SMILES string of the molecule is CN(CCNC(=O)C(Cc1c[nH]c2ccccc12)NC(N)=O)C1CCCC1. The third-order valence-electron chi connectivity index (χ3n) is 5.44. The van der Waals surface area contributed by atoms with Gasteiger partial charge in [0.25, 0.3) is 0 Å². The van der Waals surface area contributed by atoms with Crippen LogP contribution in [0.4, 0.5) is 4.79 Å². The highest BCUT2D eigenvalue weighted by Gasteiger charge is 2.23. The number of aromatic nitrogens is 1. The zero-order valence-electron chi connectivity index (χ0n) is 15.8. The number of hydrogen-bond acceptors (Lipinski definition) is 3. The number of carbonyl (C=O) groups is 2. The third kappa shape index (κ3) is 5.01. The van der Waals surface area contributed by atoms with Gasteiger partial charge in [0.15, 0.2) is 0 Å². The number of H-pyrrole nitrogens is 1. The summed E-state index contributed by atoms with van der Waals surface area (Å²) in [6.45, 7) is 1.35. The van der Waals surface area contributed by atoms with Crippen molar-refractivity contribution in [3.63, 3.8) is 0 Å². The van der Waals surface area contributed by atoms with Crippen LogP contribution in [0, 0.1) is 0 Å². The fourth-order valence-corrected chi connectivity index (χ4v) is 3.91. The lowest BCUT2D eigenvalue weighted by atomic mass is 10.0. The Morgan fingerprint density at radius 1 is 1.30 bits per heavy atom. The lowest BCUT2D eigenvalue weighted by molar-refractivity contribution is -0.122. The van der Waals surface area contributed by atoms with E-state index in [-0.39, 0.29) is 5.91 Å². The Hall–Kier alpha value is -2.54. The van der Waals surface area contributed by atoms with Crippen molar-refractivity contribution in [2.24, 2.45) is 5.73 Å². The molecule has 1 aliphatic rings. The molecule has 0 bridgehead atoms. The lowest BCUT2D eigenvalue weighted by Gasteiger charge is -2.24. The van der Waals surface area contributed by atoms with Gasteiger partial charge < -0.3 is 26.3 Å². The number of nitrogens with two attached hydrogens (primary N) is 1. The van der Waals surface area contributed by atoms with Crippen molar-refractivity contribution in [3.05, 3.63) is 36.0 Å². The molecular weight excluding hydrogens is 342 g/mol. The molecule has 0 saturated heterocycles. The third-order valence-corrected chi connectivity index (χ3v) is 5.44. The van der Waals surface area contributed by atoms with Gasteiger partial charge in [-0.05, 0) is 31.5 Å². The highest BCUT2D eigenvalue weighted by atomic mass is 16.2. The van der Waals surface area contributed by atoms with E-state index in [1.165, 1.54) is 25.7 Å². The Morgan fingerprint density at radius 3 is 2.78 bits per heavy atom. The Kier molecular flexibility index (Phi) is 6.34. The van der Waals surface area contributed by atoms with Gasteiger partial charge in [0.2, 0.25) is 5.91 Å². The number of aromatic amines is 1. The molecule has 7 heteroatoms. The number of nitrogens with one attached hydrogen (secondary N) is 3. The molecule has 1 aromatic heterocycles. The first-order chi connectivity index (χ1) is 13.0. The van der Waals surface area contributed by atoms with Crippen molar-refractivity contribution in [2.45, 2.75) is 44.2 Å². The van der Waals surface area contributed by atoms with Crippen LogP contribution in [-0.4, -0.2) is 54.0 Å². The molecular formula is C20H29N5O2. The number of amides is 3. The van der Waals surface area contributed by atoms with Crippen molar-refractivity contribution in [1.29, 1.82) is 0 Å². The lowest BCUT2D eigenvalue weighted by Crippen LogP contribution is -2.51. The zero-order valence-corrected chi connectivity index (χ0v) is 15.8. The summed E-state index contributed by atoms with van der Waals surface area (Å²) in [7, 11) is 2.10. The maximum absolute atomic E-state index is 12.6. The van der Waals surface area contributed by atoms with Crippen LogP contribution in [0.2, 0.25) is 0 Å². The molecule has 3 amide bonds. The number of hydrogen-bond donors (Lipinski definition) is 4. The van der Waals surface area contributed by atoms with Gasteiger partial charge >= 0.3 is 6.03 Å². The molecule has 2 aromatic rings. The molecule has 27 heavy (non-hydrogen) atoms. The number of primary amides is 1.